The van der Waals surface area contributed by atoms with Gasteiger partial charge in [-0.25, -0.2) is 9.48 Å². The molecule has 1 atom stereocenters. The van der Waals surface area contributed by atoms with Crippen molar-refractivity contribution in [2.75, 3.05) is 19.5 Å². The van der Waals surface area contributed by atoms with Gasteiger partial charge >= 0.3 is 6.03 Å². The molecule has 0 saturated carbocycles. The Hall–Kier alpha value is -4.98. The third-order valence-electron chi connectivity index (χ3n) is 7.11. The first-order valence-electron chi connectivity index (χ1n) is 12.7. The molecule has 1 aliphatic rings. The minimum Gasteiger partial charge on any atom is -0.497 e. The summed E-state index contributed by atoms with van der Waals surface area (Å²) in [6.45, 7) is 2.35. The third kappa shape index (κ3) is 4.29. The Bertz CT molecular complexity index is 1630. The van der Waals surface area contributed by atoms with Crippen molar-refractivity contribution in [1.29, 1.82) is 0 Å². The van der Waals surface area contributed by atoms with Crippen LogP contribution in [0.15, 0.2) is 97.2 Å². The maximum atomic E-state index is 14.1. The van der Waals surface area contributed by atoms with Gasteiger partial charge in [-0.2, -0.15) is 5.10 Å². The Morgan fingerprint density at radius 1 is 0.923 bits per heavy atom. The van der Waals surface area contributed by atoms with Crippen LogP contribution in [0.4, 0.5) is 10.5 Å². The molecule has 8 nitrogen and oxygen atoms in total. The van der Waals surface area contributed by atoms with E-state index in [1.165, 1.54) is 0 Å². The first kappa shape index (κ1) is 24.4. The summed E-state index contributed by atoms with van der Waals surface area (Å²) in [6.07, 6.45) is 2.04. The number of anilines is 1. The number of hydrogen-bond donors (Lipinski definition) is 1. The van der Waals surface area contributed by atoms with Gasteiger partial charge in [0.1, 0.15) is 17.3 Å². The van der Waals surface area contributed by atoms with Crippen molar-refractivity contribution >= 4 is 11.7 Å². The molecule has 0 unspecified atom stereocenters. The summed E-state index contributed by atoms with van der Waals surface area (Å²) in [6, 6.07) is 29.0. The van der Waals surface area contributed by atoms with Crippen molar-refractivity contribution in [1.82, 2.24) is 19.2 Å². The highest BCUT2D eigenvalue weighted by Crippen LogP contribution is 2.39. The molecule has 3 heterocycles. The van der Waals surface area contributed by atoms with Crippen molar-refractivity contribution in [3.05, 3.63) is 120 Å². The Kier molecular flexibility index (Phi) is 6.28. The van der Waals surface area contributed by atoms with E-state index in [9.17, 15) is 4.79 Å². The van der Waals surface area contributed by atoms with Gasteiger partial charge in [0.2, 0.25) is 0 Å². The summed E-state index contributed by atoms with van der Waals surface area (Å²) in [5.74, 6) is 2.09. The summed E-state index contributed by atoms with van der Waals surface area (Å²) >= 11 is 0. The van der Waals surface area contributed by atoms with Crippen LogP contribution < -0.4 is 14.8 Å². The number of aryl methyl sites for hydroxylation is 1. The summed E-state index contributed by atoms with van der Waals surface area (Å²) in [5, 5.41) is 8.00. The fourth-order valence-corrected chi connectivity index (χ4v) is 5.22. The molecular weight excluding hydrogens is 490 g/mol. The predicted molar refractivity (Wildman–Crippen MR) is 150 cm³/mol. The minimum atomic E-state index is -0.346. The molecule has 0 bridgehead atoms. The zero-order valence-corrected chi connectivity index (χ0v) is 22.0. The van der Waals surface area contributed by atoms with Crippen LogP contribution in [0.2, 0.25) is 0 Å². The fourth-order valence-electron chi connectivity index (χ4n) is 5.22. The van der Waals surface area contributed by atoms with Gasteiger partial charge in [-0.15, -0.1) is 0 Å². The summed E-state index contributed by atoms with van der Waals surface area (Å²) in [5.41, 5.74) is 5.34. The number of methoxy groups -OCH3 is 2. The Labute approximate surface area is 227 Å². The zero-order valence-electron chi connectivity index (χ0n) is 22.0. The molecule has 39 heavy (non-hydrogen) atoms. The van der Waals surface area contributed by atoms with Gasteiger partial charge in [0, 0.05) is 17.8 Å². The molecule has 0 radical (unpaired) electrons. The molecule has 0 fully saturated rings. The van der Waals surface area contributed by atoms with E-state index in [4.69, 9.17) is 14.6 Å². The molecule has 0 saturated heterocycles. The molecule has 2 amide bonds. The van der Waals surface area contributed by atoms with E-state index in [1.807, 2.05) is 77.3 Å². The number of aromatic nitrogens is 3. The molecule has 1 aliphatic heterocycles. The number of rotatable bonds is 5. The minimum absolute atomic E-state index is 0.250. The lowest BCUT2D eigenvalue weighted by Gasteiger charge is -2.31. The number of amides is 2. The molecule has 0 spiro atoms. The Morgan fingerprint density at radius 3 is 2.38 bits per heavy atom. The second-order valence-corrected chi connectivity index (χ2v) is 9.38. The SMILES string of the molecule is COc1ccc(NC(=O)N2Cc3c(C)nn(-c4ccccc4)c3-n3cccc3[C@@H]2c2ccccc2)c(OC)c1. The predicted octanol–water partition coefficient (Wildman–Crippen LogP) is 6.13. The molecule has 1 N–H and O–H groups in total. The highest BCUT2D eigenvalue weighted by Gasteiger charge is 2.36. The summed E-state index contributed by atoms with van der Waals surface area (Å²) in [7, 11) is 3.17. The molecule has 3 aromatic carbocycles. The first-order chi connectivity index (χ1) is 19.1. The Balaban J connectivity index is 1.50. The lowest BCUT2D eigenvalue weighted by atomic mass is 10.0. The quantitative estimate of drug-likeness (QED) is 0.303. The van der Waals surface area contributed by atoms with Gasteiger partial charge in [-0.05, 0) is 48.9 Å². The maximum absolute atomic E-state index is 14.1. The monoisotopic (exact) mass is 519 g/mol. The molecule has 6 rings (SSSR count). The van der Waals surface area contributed by atoms with Crippen LogP contribution in [0.1, 0.15) is 28.6 Å². The number of carbonyl (C=O) groups excluding carboxylic acids is 1. The van der Waals surface area contributed by atoms with Gasteiger partial charge in [0.25, 0.3) is 0 Å². The number of urea groups is 1. The van der Waals surface area contributed by atoms with Gasteiger partial charge in [0.15, 0.2) is 0 Å². The van der Waals surface area contributed by atoms with Crippen LogP contribution in [0, 0.1) is 6.92 Å². The fraction of sp³-hybridized carbons (Fsp3) is 0.161. The van der Waals surface area contributed by atoms with Crippen LogP contribution in [0.5, 0.6) is 11.5 Å². The van der Waals surface area contributed by atoms with Gasteiger partial charge in [-0.1, -0.05) is 48.5 Å². The second kappa shape index (κ2) is 10.1. The number of para-hydroxylation sites is 1. The lowest BCUT2D eigenvalue weighted by Crippen LogP contribution is -2.38. The maximum Gasteiger partial charge on any atom is 0.323 e. The number of carbonyl (C=O) groups is 1. The summed E-state index contributed by atoms with van der Waals surface area (Å²) < 4.78 is 15.0. The van der Waals surface area contributed by atoms with E-state index in [0.717, 1.165) is 34.0 Å². The standard InChI is InChI=1S/C31H29N5O3/c1-21-25-20-35(31(37)32-26-17-16-24(38-2)19-28(26)39-3)29(22-11-6-4-7-12-22)27-15-10-18-34(27)30(25)36(33-21)23-13-8-5-9-14-23/h4-19,29H,20H2,1-3H3,(H,32,37)/t29-/m0/s1. The number of nitrogens with zero attached hydrogens (tertiary/aromatic N) is 4. The molecule has 2 aromatic heterocycles. The molecule has 196 valence electrons. The lowest BCUT2D eigenvalue weighted by molar-refractivity contribution is 0.194. The third-order valence-corrected chi connectivity index (χ3v) is 7.11. The van der Waals surface area contributed by atoms with Crippen LogP contribution >= 0.6 is 0 Å². The summed E-state index contributed by atoms with van der Waals surface area (Å²) in [4.78, 5) is 16.0. The number of benzene rings is 3. The van der Waals surface area contributed by atoms with Crippen molar-refractivity contribution in [2.24, 2.45) is 0 Å². The van der Waals surface area contributed by atoms with Gasteiger partial charge in [0.05, 0.1) is 49.6 Å². The molecule has 8 heteroatoms. The van der Waals surface area contributed by atoms with Crippen molar-refractivity contribution in [2.45, 2.75) is 19.5 Å². The van der Waals surface area contributed by atoms with Crippen LogP contribution in [-0.4, -0.2) is 39.5 Å². The van der Waals surface area contributed by atoms with E-state index >= 15 is 0 Å². The van der Waals surface area contributed by atoms with Crippen LogP contribution in [0.3, 0.4) is 0 Å². The van der Waals surface area contributed by atoms with E-state index in [1.54, 1.807) is 32.4 Å². The Morgan fingerprint density at radius 2 is 1.67 bits per heavy atom. The van der Waals surface area contributed by atoms with E-state index in [-0.39, 0.29) is 12.1 Å². The highest BCUT2D eigenvalue weighted by atomic mass is 16.5. The van der Waals surface area contributed by atoms with Crippen molar-refractivity contribution in [3.63, 3.8) is 0 Å². The topological polar surface area (TPSA) is 73.5 Å². The van der Waals surface area contributed by atoms with E-state index in [0.29, 0.717) is 23.7 Å². The number of ether oxygens (including phenoxy) is 2. The number of fused-ring (bicyclic) bond motifs is 3. The first-order valence-corrected chi connectivity index (χ1v) is 12.7. The average molecular weight is 520 g/mol. The zero-order chi connectivity index (χ0) is 26.9. The normalized spacial score (nSPS) is 14.2. The van der Waals surface area contributed by atoms with Crippen LogP contribution in [0.25, 0.3) is 11.5 Å². The molecular formula is C31H29N5O3. The van der Waals surface area contributed by atoms with E-state index < -0.39 is 0 Å². The van der Waals surface area contributed by atoms with Crippen molar-refractivity contribution < 1.29 is 14.3 Å². The molecule has 0 aliphatic carbocycles. The van der Waals surface area contributed by atoms with Gasteiger partial charge in [-0.3, -0.25) is 0 Å². The average Bonchev–Trinajstić information content (AvgIpc) is 3.54. The second-order valence-electron chi connectivity index (χ2n) is 9.38. The van der Waals surface area contributed by atoms with Crippen LogP contribution in [-0.2, 0) is 6.54 Å². The smallest absolute Gasteiger partial charge is 0.323 e. The van der Waals surface area contributed by atoms with Crippen molar-refractivity contribution in [3.8, 4) is 23.0 Å². The van der Waals surface area contributed by atoms with Gasteiger partial charge < -0.3 is 24.3 Å². The number of nitrogens with one attached hydrogen (secondary N) is 1. The number of hydrogen-bond acceptors (Lipinski definition) is 4. The largest absolute Gasteiger partial charge is 0.497 e. The highest BCUT2D eigenvalue weighted by molar-refractivity contribution is 5.92. The molecule has 5 aromatic rings. The van der Waals surface area contributed by atoms with E-state index in [2.05, 4.69) is 28.1 Å².